The second kappa shape index (κ2) is 5.64. The third-order valence-electron chi connectivity index (χ3n) is 3.52. The first-order valence-electron chi connectivity index (χ1n) is 7.13. The van der Waals surface area contributed by atoms with E-state index < -0.39 is 0 Å². The summed E-state index contributed by atoms with van der Waals surface area (Å²) in [6, 6.07) is 9.75. The number of halogens is 1. The Morgan fingerprint density at radius 2 is 1.95 bits per heavy atom. The maximum Gasteiger partial charge on any atom is 0.339 e. The Morgan fingerprint density at radius 3 is 2.57 bits per heavy atom. The molecule has 3 rings (SSSR count). The number of hydrogen-bond acceptors (Lipinski definition) is 3. The molecule has 0 amide bonds. The summed E-state index contributed by atoms with van der Waals surface area (Å²) in [5.74, 6) is -0.258. The quantitative estimate of drug-likeness (QED) is 0.799. The molecule has 0 radical (unpaired) electrons. The maximum absolute atomic E-state index is 13.0. The fourth-order valence-electron chi connectivity index (χ4n) is 2.31. The van der Waals surface area contributed by atoms with Crippen LogP contribution in [0.2, 0.25) is 0 Å². The number of aromatic nitrogens is 1. The van der Waals surface area contributed by atoms with Crippen LogP contribution in [0.5, 0.6) is 0 Å². The fraction of sp³-hybridized carbons (Fsp3) is 0.294. The van der Waals surface area contributed by atoms with Gasteiger partial charge in [-0.3, -0.25) is 4.98 Å². The molecule has 21 heavy (non-hydrogen) atoms. The molecule has 1 fully saturated rings. The van der Waals surface area contributed by atoms with Gasteiger partial charge < -0.3 is 4.74 Å². The standard InChI is InChI=1S/C17H16FNO2/c1-2-21-17(20)14-9-10-15(19-16(14)12-3-4-12)11-5-7-13(18)8-6-11/h5-10,12H,2-4H2,1H3. The van der Waals surface area contributed by atoms with Crippen molar-refractivity contribution in [2.75, 3.05) is 6.61 Å². The molecule has 0 saturated heterocycles. The Morgan fingerprint density at radius 1 is 1.24 bits per heavy atom. The number of ether oxygens (including phenoxy) is 1. The molecule has 0 N–H and O–H groups in total. The lowest BCUT2D eigenvalue weighted by Crippen LogP contribution is -2.09. The smallest absolute Gasteiger partial charge is 0.339 e. The van der Waals surface area contributed by atoms with Crippen LogP contribution in [0.4, 0.5) is 4.39 Å². The first-order valence-corrected chi connectivity index (χ1v) is 7.13. The van der Waals surface area contributed by atoms with Crippen molar-refractivity contribution in [3.05, 3.63) is 53.5 Å². The summed E-state index contributed by atoms with van der Waals surface area (Å²) in [6.07, 6.45) is 2.10. The van der Waals surface area contributed by atoms with E-state index in [4.69, 9.17) is 4.74 Å². The lowest BCUT2D eigenvalue weighted by Gasteiger charge is -2.10. The van der Waals surface area contributed by atoms with Crippen molar-refractivity contribution in [2.45, 2.75) is 25.7 Å². The van der Waals surface area contributed by atoms with Gasteiger partial charge in [-0.25, -0.2) is 9.18 Å². The van der Waals surface area contributed by atoms with E-state index in [1.807, 2.05) is 0 Å². The van der Waals surface area contributed by atoms with Crippen LogP contribution in [0.25, 0.3) is 11.3 Å². The predicted octanol–water partition coefficient (Wildman–Crippen LogP) is 3.94. The van der Waals surface area contributed by atoms with Gasteiger partial charge in [-0.15, -0.1) is 0 Å². The van der Waals surface area contributed by atoms with E-state index in [1.165, 1.54) is 12.1 Å². The lowest BCUT2D eigenvalue weighted by atomic mass is 10.1. The lowest BCUT2D eigenvalue weighted by molar-refractivity contribution is 0.0524. The number of pyridine rings is 1. The zero-order valence-electron chi connectivity index (χ0n) is 11.8. The predicted molar refractivity (Wildman–Crippen MR) is 77.6 cm³/mol. The van der Waals surface area contributed by atoms with E-state index in [2.05, 4.69) is 4.98 Å². The van der Waals surface area contributed by atoms with Gasteiger partial charge >= 0.3 is 5.97 Å². The average molecular weight is 285 g/mol. The first kappa shape index (κ1) is 13.7. The summed E-state index contributed by atoms with van der Waals surface area (Å²) >= 11 is 0. The van der Waals surface area contributed by atoms with Crippen LogP contribution in [0, 0.1) is 5.82 Å². The second-order valence-corrected chi connectivity index (χ2v) is 5.13. The minimum Gasteiger partial charge on any atom is -0.462 e. The highest BCUT2D eigenvalue weighted by molar-refractivity contribution is 5.91. The van der Waals surface area contributed by atoms with E-state index in [0.29, 0.717) is 18.1 Å². The Bertz CT molecular complexity index is 663. The number of esters is 1. The minimum atomic E-state index is -0.322. The molecule has 4 heteroatoms. The molecule has 1 aromatic carbocycles. The zero-order chi connectivity index (χ0) is 14.8. The van der Waals surface area contributed by atoms with Crippen molar-refractivity contribution < 1.29 is 13.9 Å². The van der Waals surface area contributed by atoms with Gasteiger partial charge in [0.1, 0.15) is 5.82 Å². The number of benzene rings is 1. The number of nitrogens with zero attached hydrogens (tertiary/aromatic N) is 1. The topological polar surface area (TPSA) is 39.2 Å². The second-order valence-electron chi connectivity index (χ2n) is 5.13. The largest absolute Gasteiger partial charge is 0.462 e. The van der Waals surface area contributed by atoms with Crippen LogP contribution in [0.15, 0.2) is 36.4 Å². The van der Waals surface area contributed by atoms with Crippen molar-refractivity contribution in [1.82, 2.24) is 4.98 Å². The van der Waals surface area contributed by atoms with Crippen LogP contribution < -0.4 is 0 Å². The molecule has 2 aromatic rings. The van der Waals surface area contributed by atoms with Crippen LogP contribution in [0.1, 0.15) is 41.7 Å². The maximum atomic E-state index is 13.0. The Labute approximate surface area is 122 Å². The van der Waals surface area contributed by atoms with Crippen LogP contribution in [-0.4, -0.2) is 17.6 Å². The molecule has 0 spiro atoms. The van der Waals surface area contributed by atoms with Crippen molar-refractivity contribution in [3.63, 3.8) is 0 Å². The van der Waals surface area contributed by atoms with Crippen molar-refractivity contribution >= 4 is 5.97 Å². The van der Waals surface area contributed by atoms with Gasteiger partial charge in [0.05, 0.1) is 23.6 Å². The number of hydrogen-bond donors (Lipinski definition) is 0. The van der Waals surface area contributed by atoms with E-state index in [1.54, 1.807) is 31.2 Å². The summed E-state index contributed by atoms with van der Waals surface area (Å²) in [5.41, 5.74) is 2.94. The zero-order valence-corrected chi connectivity index (χ0v) is 11.8. The minimum absolute atomic E-state index is 0.274. The third-order valence-corrected chi connectivity index (χ3v) is 3.52. The van der Waals surface area contributed by atoms with E-state index in [9.17, 15) is 9.18 Å². The monoisotopic (exact) mass is 285 g/mol. The molecule has 0 bridgehead atoms. The molecule has 0 unspecified atom stereocenters. The van der Waals surface area contributed by atoms with E-state index in [0.717, 1.165) is 29.8 Å². The van der Waals surface area contributed by atoms with Gasteiger partial charge in [-0.2, -0.15) is 0 Å². The van der Waals surface area contributed by atoms with Gasteiger partial charge in [0.2, 0.25) is 0 Å². The van der Waals surface area contributed by atoms with E-state index in [-0.39, 0.29) is 11.8 Å². The van der Waals surface area contributed by atoms with Gasteiger partial charge in [0.15, 0.2) is 0 Å². The summed E-state index contributed by atoms with van der Waals surface area (Å²) in [4.78, 5) is 16.6. The van der Waals surface area contributed by atoms with Gasteiger partial charge in [-0.1, -0.05) is 0 Å². The normalized spacial score (nSPS) is 14.0. The molecule has 0 aliphatic heterocycles. The third kappa shape index (κ3) is 2.94. The Kier molecular flexibility index (Phi) is 3.69. The molecule has 3 nitrogen and oxygen atoms in total. The highest BCUT2D eigenvalue weighted by atomic mass is 19.1. The molecule has 1 aliphatic rings. The Balaban J connectivity index is 1.99. The number of rotatable bonds is 4. The summed E-state index contributed by atoms with van der Waals surface area (Å²) < 4.78 is 18.1. The molecule has 1 heterocycles. The van der Waals surface area contributed by atoms with Crippen molar-refractivity contribution in [1.29, 1.82) is 0 Å². The number of carbonyl (C=O) groups is 1. The van der Waals surface area contributed by atoms with Crippen molar-refractivity contribution in [2.24, 2.45) is 0 Å². The molecule has 108 valence electrons. The number of carbonyl (C=O) groups excluding carboxylic acids is 1. The summed E-state index contributed by atoms with van der Waals surface area (Å²) in [5, 5.41) is 0. The van der Waals surface area contributed by atoms with Gasteiger partial charge in [0, 0.05) is 11.5 Å². The van der Waals surface area contributed by atoms with Gasteiger partial charge in [0.25, 0.3) is 0 Å². The van der Waals surface area contributed by atoms with Crippen molar-refractivity contribution in [3.8, 4) is 11.3 Å². The van der Waals surface area contributed by atoms with Crippen LogP contribution in [0.3, 0.4) is 0 Å². The fourth-order valence-corrected chi connectivity index (χ4v) is 2.31. The highest BCUT2D eigenvalue weighted by Crippen LogP contribution is 2.41. The summed E-state index contributed by atoms with van der Waals surface area (Å²) in [7, 11) is 0. The molecular weight excluding hydrogens is 269 g/mol. The van der Waals surface area contributed by atoms with Crippen LogP contribution in [-0.2, 0) is 4.74 Å². The molecule has 1 aliphatic carbocycles. The molecule has 0 atom stereocenters. The highest BCUT2D eigenvalue weighted by Gasteiger charge is 2.30. The summed E-state index contributed by atoms with van der Waals surface area (Å²) in [6.45, 7) is 2.14. The Hall–Kier alpha value is -2.23. The van der Waals surface area contributed by atoms with Crippen LogP contribution >= 0.6 is 0 Å². The molecule has 1 saturated carbocycles. The average Bonchev–Trinajstić information content (AvgIpc) is 3.32. The molecular formula is C17H16FNO2. The SMILES string of the molecule is CCOC(=O)c1ccc(-c2ccc(F)cc2)nc1C1CC1. The van der Waals surface area contributed by atoms with E-state index >= 15 is 0 Å². The van der Waals surface area contributed by atoms with Gasteiger partial charge in [-0.05, 0) is 56.2 Å². The first-order chi connectivity index (χ1) is 10.2. The molecule has 1 aromatic heterocycles.